The maximum atomic E-state index is 14.5. The van der Waals surface area contributed by atoms with E-state index in [0.29, 0.717) is 11.1 Å². The lowest BCUT2D eigenvalue weighted by Crippen LogP contribution is -1.89. The number of hydrogen-bond acceptors (Lipinski definition) is 0. The third-order valence-corrected chi connectivity index (χ3v) is 4.90. The highest BCUT2D eigenvalue weighted by atomic mass is 19.1. The van der Waals surface area contributed by atoms with Crippen LogP contribution in [-0.2, 0) is 6.42 Å². The van der Waals surface area contributed by atoms with Gasteiger partial charge in [-0.15, -0.1) is 0 Å². The minimum atomic E-state index is -0.496. The van der Waals surface area contributed by atoms with Gasteiger partial charge in [0.05, 0.1) is 11.1 Å². The van der Waals surface area contributed by atoms with Crippen molar-refractivity contribution in [2.45, 2.75) is 13.3 Å². The zero-order valence-electron chi connectivity index (χ0n) is 16.8. The van der Waals surface area contributed by atoms with E-state index < -0.39 is 5.82 Å². The molecule has 31 heavy (non-hydrogen) atoms. The molecule has 0 bridgehead atoms. The highest BCUT2D eigenvalue weighted by molar-refractivity contribution is 5.84. The zero-order valence-corrected chi connectivity index (χ0v) is 16.8. The van der Waals surface area contributed by atoms with Gasteiger partial charge in [0.25, 0.3) is 0 Å². The molecule has 4 aromatic carbocycles. The SMILES string of the molecule is CCc1ccc(C#Cc2ccc(C#Cc3ccc4cc(F)ccc4c3)c(F)c2)c(F)c1. The van der Waals surface area contributed by atoms with Gasteiger partial charge in [-0.1, -0.05) is 48.8 Å². The molecule has 0 aliphatic heterocycles. The zero-order chi connectivity index (χ0) is 21.8. The molecule has 3 heteroatoms. The Morgan fingerprint density at radius 3 is 1.84 bits per heavy atom. The van der Waals surface area contributed by atoms with Crippen LogP contribution in [0.5, 0.6) is 0 Å². The molecule has 4 aromatic rings. The van der Waals surface area contributed by atoms with E-state index in [1.165, 1.54) is 24.3 Å². The molecule has 0 spiro atoms. The summed E-state index contributed by atoms with van der Waals surface area (Å²) in [6.07, 6.45) is 0.746. The first-order chi connectivity index (χ1) is 15.0. The van der Waals surface area contributed by atoms with Crippen LogP contribution in [0.3, 0.4) is 0 Å². The highest BCUT2D eigenvalue weighted by Gasteiger charge is 2.02. The average molecular weight is 410 g/mol. The molecule has 0 unspecified atom stereocenters. The normalized spacial score (nSPS) is 10.2. The van der Waals surface area contributed by atoms with Crippen LogP contribution in [0.25, 0.3) is 10.8 Å². The van der Waals surface area contributed by atoms with E-state index >= 15 is 0 Å². The Morgan fingerprint density at radius 2 is 1.16 bits per heavy atom. The lowest BCUT2D eigenvalue weighted by atomic mass is 10.1. The summed E-state index contributed by atoms with van der Waals surface area (Å²) >= 11 is 0. The molecule has 0 aromatic heterocycles. The van der Waals surface area contributed by atoms with Crippen LogP contribution in [0, 0.1) is 41.1 Å². The van der Waals surface area contributed by atoms with E-state index in [4.69, 9.17) is 0 Å². The first-order valence-electron chi connectivity index (χ1n) is 9.83. The molecule has 0 N–H and O–H groups in total. The number of benzene rings is 4. The van der Waals surface area contributed by atoms with Crippen molar-refractivity contribution in [2.75, 3.05) is 0 Å². The lowest BCUT2D eigenvalue weighted by molar-refractivity contribution is 0.622. The third kappa shape index (κ3) is 4.80. The Kier molecular flexibility index (Phi) is 5.78. The van der Waals surface area contributed by atoms with Crippen molar-refractivity contribution >= 4 is 10.8 Å². The topological polar surface area (TPSA) is 0 Å². The van der Waals surface area contributed by atoms with Crippen LogP contribution < -0.4 is 0 Å². The van der Waals surface area contributed by atoms with Crippen molar-refractivity contribution in [2.24, 2.45) is 0 Å². The maximum absolute atomic E-state index is 14.5. The third-order valence-electron chi connectivity index (χ3n) is 4.90. The van der Waals surface area contributed by atoms with E-state index in [-0.39, 0.29) is 22.8 Å². The van der Waals surface area contributed by atoms with Crippen LogP contribution in [0.15, 0.2) is 72.8 Å². The van der Waals surface area contributed by atoms with Crippen LogP contribution in [0.1, 0.15) is 34.7 Å². The summed E-state index contributed by atoms with van der Waals surface area (Å²) in [6, 6.07) is 19.3. The van der Waals surface area contributed by atoms with Crippen molar-refractivity contribution in [3.05, 3.63) is 118 Å². The fourth-order valence-corrected chi connectivity index (χ4v) is 3.15. The standard InChI is InChI=1S/C28H17F3/c1-2-19-3-8-22(27(30)16-19)10-5-21-6-11-23(28(31)17-21)9-4-20-7-12-25-18-26(29)14-13-24(25)15-20/h3,6-8,11-18H,2H2,1H3. The van der Waals surface area contributed by atoms with Crippen molar-refractivity contribution in [1.29, 1.82) is 0 Å². The molecule has 0 aliphatic carbocycles. The lowest BCUT2D eigenvalue weighted by Gasteiger charge is -1.99. The Bertz CT molecular complexity index is 1410. The summed E-state index contributed by atoms with van der Waals surface area (Å²) < 4.78 is 41.8. The van der Waals surface area contributed by atoms with E-state index in [0.717, 1.165) is 22.8 Å². The molecule has 0 amide bonds. The molecular formula is C28H17F3. The highest BCUT2D eigenvalue weighted by Crippen LogP contribution is 2.17. The van der Waals surface area contributed by atoms with Gasteiger partial charge in [0.2, 0.25) is 0 Å². The second kappa shape index (κ2) is 8.82. The second-order valence-corrected chi connectivity index (χ2v) is 7.07. The van der Waals surface area contributed by atoms with E-state index in [1.54, 1.807) is 36.4 Å². The molecule has 0 saturated carbocycles. The van der Waals surface area contributed by atoms with Gasteiger partial charge in [0.1, 0.15) is 17.5 Å². The monoisotopic (exact) mass is 410 g/mol. The van der Waals surface area contributed by atoms with Crippen LogP contribution in [-0.4, -0.2) is 0 Å². The predicted octanol–water partition coefficient (Wildman–Crippen LogP) is 6.62. The fraction of sp³-hybridized carbons (Fsp3) is 0.0714. The van der Waals surface area contributed by atoms with Gasteiger partial charge in [-0.25, -0.2) is 13.2 Å². The molecule has 4 rings (SSSR count). The summed E-state index contributed by atoms with van der Waals surface area (Å²) in [5.74, 6) is 10.1. The van der Waals surface area contributed by atoms with Gasteiger partial charge in [0, 0.05) is 11.1 Å². The summed E-state index contributed by atoms with van der Waals surface area (Å²) in [4.78, 5) is 0. The first-order valence-corrected chi connectivity index (χ1v) is 9.83. The van der Waals surface area contributed by atoms with Gasteiger partial charge in [-0.2, -0.15) is 0 Å². The van der Waals surface area contributed by atoms with Gasteiger partial charge >= 0.3 is 0 Å². The Balaban J connectivity index is 1.56. The van der Waals surface area contributed by atoms with E-state index in [9.17, 15) is 13.2 Å². The molecule has 0 radical (unpaired) electrons. The van der Waals surface area contributed by atoms with Crippen LogP contribution >= 0.6 is 0 Å². The summed E-state index contributed by atoms with van der Waals surface area (Å²) in [6.45, 7) is 1.95. The summed E-state index contributed by atoms with van der Waals surface area (Å²) in [7, 11) is 0. The van der Waals surface area contributed by atoms with Gasteiger partial charge in [0.15, 0.2) is 0 Å². The number of fused-ring (bicyclic) bond motifs is 1. The molecule has 0 heterocycles. The van der Waals surface area contributed by atoms with Crippen molar-refractivity contribution in [3.8, 4) is 23.7 Å². The number of aryl methyl sites for hydroxylation is 1. The molecule has 0 atom stereocenters. The molecule has 0 nitrogen and oxygen atoms in total. The first kappa shape index (κ1) is 20.3. The Labute approximate surface area is 179 Å². The number of halogens is 3. The minimum Gasteiger partial charge on any atom is -0.207 e. The van der Waals surface area contributed by atoms with Crippen LogP contribution in [0.2, 0.25) is 0 Å². The van der Waals surface area contributed by atoms with E-state index in [1.807, 2.05) is 19.1 Å². The van der Waals surface area contributed by atoms with Crippen LogP contribution in [0.4, 0.5) is 13.2 Å². The number of hydrogen-bond donors (Lipinski definition) is 0. The van der Waals surface area contributed by atoms with Gasteiger partial charge < -0.3 is 0 Å². The molecule has 0 saturated heterocycles. The van der Waals surface area contributed by atoms with Crippen molar-refractivity contribution < 1.29 is 13.2 Å². The second-order valence-electron chi connectivity index (χ2n) is 7.07. The Morgan fingerprint density at radius 1 is 0.581 bits per heavy atom. The minimum absolute atomic E-state index is 0.239. The predicted molar refractivity (Wildman–Crippen MR) is 118 cm³/mol. The van der Waals surface area contributed by atoms with Gasteiger partial charge in [-0.3, -0.25) is 0 Å². The van der Waals surface area contributed by atoms with Crippen molar-refractivity contribution in [1.82, 2.24) is 0 Å². The van der Waals surface area contributed by atoms with Crippen molar-refractivity contribution in [3.63, 3.8) is 0 Å². The molecule has 0 aliphatic rings. The molecular weight excluding hydrogens is 393 g/mol. The van der Waals surface area contributed by atoms with Gasteiger partial charge in [-0.05, 0) is 77.4 Å². The summed E-state index contributed by atoms with van der Waals surface area (Å²) in [5, 5.41) is 1.64. The fourth-order valence-electron chi connectivity index (χ4n) is 3.15. The molecule has 0 fully saturated rings. The quantitative estimate of drug-likeness (QED) is 0.309. The van der Waals surface area contributed by atoms with E-state index in [2.05, 4.69) is 23.7 Å². The smallest absolute Gasteiger partial charge is 0.140 e. The number of rotatable bonds is 1. The average Bonchev–Trinajstić information content (AvgIpc) is 2.77. The Hall–Kier alpha value is -3.95. The molecule has 150 valence electrons. The maximum Gasteiger partial charge on any atom is 0.140 e. The largest absolute Gasteiger partial charge is 0.207 e. The summed E-state index contributed by atoms with van der Waals surface area (Å²) in [5.41, 5.74) is 2.56.